The van der Waals surface area contributed by atoms with E-state index in [9.17, 15) is 48.6 Å². The van der Waals surface area contributed by atoms with Gasteiger partial charge >= 0.3 is 0 Å². The third kappa shape index (κ3) is 17.3. The van der Waals surface area contributed by atoms with Crippen molar-refractivity contribution in [2.45, 2.75) is 113 Å². The molecule has 1 aliphatic rings. The molecular weight excluding hydrogens is 979 g/mol. The number of H-pyrrole nitrogens is 1. The number of para-hydroxylation sites is 1. The maximum atomic E-state index is 14.8. The van der Waals surface area contributed by atoms with Gasteiger partial charge in [0.25, 0.3) is 0 Å². The summed E-state index contributed by atoms with van der Waals surface area (Å²) in [4.78, 5) is 116. The molecule has 23 heteroatoms. The lowest BCUT2D eigenvalue weighted by Gasteiger charge is -2.29. The minimum absolute atomic E-state index is 0.0168. The molecule has 15 N–H and O–H groups in total. The van der Waals surface area contributed by atoms with Crippen molar-refractivity contribution in [3.63, 3.8) is 0 Å². The van der Waals surface area contributed by atoms with E-state index in [1.807, 2.05) is 54.6 Å². The minimum atomic E-state index is -1.71. The van der Waals surface area contributed by atoms with Crippen molar-refractivity contribution in [2.75, 3.05) is 25.1 Å². The third-order valence-corrected chi connectivity index (χ3v) is 14.6. The molecule has 1 aliphatic heterocycles. The highest BCUT2D eigenvalue weighted by Crippen LogP contribution is 2.24. The molecule has 10 atom stereocenters. The van der Waals surface area contributed by atoms with Gasteiger partial charge in [-0.2, -0.15) is 0 Å². The zero-order valence-corrected chi connectivity index (χ0v) is 42.6. The van der Waals surface area contributed by atoms with Gasteiger partial charge in [-0.3, -0.25) is 38.4 Å². The van der Waals surface area contributed by atoms with Crippen LogP contribution in [0, 0.1) is 0 Å². The molecule has 3 aromatic carbocycles. The summed E-state index contributed by atoms with van der Waals surface area (Å²) >= 11 is 0. The molecule has 394 valence electrons. The zero-order valence-electron chi connectivity index (χ0n) is 40.9. The molecule has 1 aromatic heterocycles. The Bertz CT molecular complexity index is 2500. The van der Waals surface area contributed by atoms with E-state index in [0.29, 0.717) is 24.0 Å². The molecule has 73 heavy (non-hydrogen) atoms. The number of carbonyl (C=O) groups is 8. The molecule has 0 aliphatic carbocycles. The molecule has 8 amide bonds. The summed E-state index contributed by atoms with van der Waals surface area (Å²) < 4.78 is 0. The van der Waals surface area contributed by atoms with E-state index in [2.05, 4.69) is 47.5 Å². The highest BCUT2D eigenvalue weighted by atomic mass is 33.1. The minimum Gasteiger partial charge on any atom is -0.391 e. The van der Waals surface area contributed by atoms with E-state index in [0.717, 1.165) is 38.1 Å². The Kier molecular flexibility index (Phi) is 22.5. The van der Waals surface area contributed by atoms with E-state index in [1.54, 1.807) is 43.6 Å². The number of rotatable bonds is 18. The molecule has 5 rings (SSSR count). The summed E-state index contributed by atoms with van der Waals surface area (Å²) in [6.45, 7) is 2.72. The van der Waals surface area contributed by atoms with Crippen molar-refractivity contribution in [1.29, 1.82) is 0 Å². The number of benzene rings is 3. The van der Waals surface area contributed by atoms with E-state index in [1.165, 1.54) is 13.8 Å². The van der Waals surface area contributed by atoms with E-state index < -0.39 is 108 Å². The Morgan fingerprint density at radius 1 is 0.712 bits per heavy atom. The fraction of sp³-hybridized carbons (Fsp3) is 0.440. The van der Waals surface area contributed by atoms with Crippen molar-refractivity contribution in [3.8, 4) is 0 Å². The highest BCUT2D eigenvalue weighted by Gasteiger charge is 2.37. The van der Waals surface area contributed by atoms with Crippen LogP contribution in [-0.4, -0.2) is 148 Å². The van der Waals surface area contributed by atoms with Gasteiger partial charge in [0.05, 0.1) is 18.2 Å². The van der Waals surface area contributed by atoms with Gasteiger partial charge in [-0.15, -0.1) is 0 Å². The van der Waals surface area contributed by atoms with Gasteiger partial charge < -0.3 is 69.2 Å². The number of aromatic nitrogens is 1. The Labute approximate surface area is 431 Å². The number of nitrogens with one attached hydrogen (secondary N) is 9. The number of aliphatic hydroxyl groups excluding tert-OH is 2. The topological polar surface area (TPSA) is 341 Å². The molecule has 0 saturated carbocycles. The Morgan fingerprint density at radius 2 is 1.30 bits per heavy atom. The monoisotopic (exact) mass is 1050 g/mol. The summed E-state index contributed by atoms with van der Waals surface area (Å²) in [6.07, 6.45) is -0.371. The number of unbranched alkanes of at least 4 members (excludes halogenated alkanes) is 1. The maximum absolute atomic E-state index is 14.8. The van der Waals surface area contributed by atoms with Crippen LogP contribution >= 0.6 is 21.6 Å². The lowest BCUT2D eigenvalue weighted by molar-refractivity contribution is -0.137. The normalized spacial score (nSPS) is 22.5. The van der Waals surface area contributed by atoms with Crippen LogP contribution in [0.3, 0.4) is 0 Å². The molecule has 3 unspecified atom stereocenters. The molecule has 1 fully saturated rings. The molecule has 1 saturated heterocycles. The molecular formula is C50H67N11O10S2. The van der Waals surface area contributed by atoms with Gasteiger partial charge in [-0.25, -0.2) is 0 Å². The first-order valence-corrected chi connectivity index (χ1v) is 26.5. The zero-order chi connectivity index (χ0) is 53.0. The maximum Gasteiger partial charge on any atom is 0.245 e. The highest BCUT2D eigenvalue weighted by molar-refractivity contribution is 8.76. The first kappa shape index (κ1) is 57.4. The van der Waals surface area contributed by atoms with Gasteiger partial charge in [0.2, 0.25) is 47.3 Å². The average molecular weight is 1050 g/mol. The van der Waals surface area contributed by atoms with Gasteiger partial charge in [-0.1, -0.05) is 100 Å². The fourth-order valence-electron chi connectivity index (χ4n) is 8.02. The van der Waals surface area contributed by atoms with Crippen molar-refractivity contribution in [2.24, 2.45) is 11.5 Å². The van der Waals surface area contributed by atoms with Crippen LogP contribution in [0.25, 0.3) is 10.9 Å². The van der Waals surface area contributed by atoms with Gasteiger partial charge in [0.15, 0.2) is 0 Å². The summed E-state index contributed by atoms with van der Waals surface area (Å²) in [6, 6.07) is 14.5. The SMILES string of the molecule is CN[C@H](Cc1ccccc1)C(=O)NC1CSSC[C@@H](C(=O)N[C@H](C(N)=O)[C@@H](C)O)NC(=O)C([C@@H](C)O)NC(=O)[C@H](CCCCN)NC(=O)[C@@H](Cc2c[nH]c3ccccc23)NC(=O)C(Cc2ccccc2)NC1=O. The standard InChI is InChI=1S/C50H67N11O10S2/c1-28(62)41(43(52)64)60-49(70)40-27-73-72-26-39(58-45(66)36(53-3)22-30-14-6-4-7-15-30)48(69)56-37(23-31-16-8-5-9-17-31)46(67)57-38(24-32-25-54-34-19-11-10-18-33(32)34)47(68)55-35(20-12-13-21-51)44(65)61-42(29(2)63)50(71)59-40/h4-11,14-19,25,28-29,35-42,53-54,62-63H,12-13,20-24,26-27,51H2,1-3H3,(H2,52,64)(H,55,68)(H,56,69)(H,57,67)(H,58,66)(H,59,71)(H,60,70)(H,61,65)/t28-,29-,35+,36-,37?,38-,39?,40+,41+,42?/m1/s1. The summed E-state index contributed by atoms with van der Waals surface area (Å²) in [5, 5.41) is 43.6. The number of amides is 8. The van der Waals surface area contributed by atoms with Crippen LogP contribution < -0.4 is 54.0 Å². The number of aromatic amines is 1. The van der Waals surface area contributed by atoms with Crippen molar-refractivity contribution >= 4 is 79.7 Å². The molecule has 2 heterocycles. The summed E-state index contributed by atoms with van der Waals surface area (Å²) in [5.74, 6) is -7.23. The number of aliphatic hydroxyl groups is 2. The second kappa shape index (κ2) is 28.7. The quantitative estimate of drug-likeness (QED) is 0.0418. The molecule has 21 nitrogen and oxygen atoms in total. The molecule has 4 aromatic rings. The summed E-state index contributed by atoms with van der Waals surface area (Å²) in [7, 11) is 3.62. The van der Waals surface area contributed by atoms with Crippen LogP contribution in [0.15, 0.2) is 91.1 Å². The lowest BCUT2D eigenvalue weighted by Crippen LogP contribution is -2.62. The van der Waals surface area contributed by atoms with E-state index in [4.69, 9.17) is 11.5 Å². The Hall–Kier alpha value is -6.50. The molecule has 0 bridgehead atoms. The van der Waals surface area contributed by atoms with Crippen LogP contribution in [0.1, 0.15) is 49.8 Å². The average Bonchev–Trinajstić information content (AvgIpc) is 3.78. The number of hydrogen-bond donors (Lipinski definition) is 13. The van der Waals surface area contributed by atoms with Crippen LogP contribution in [-0.2, 0) is 57.6 Å². The second-order valence-electron chi connectivity index (χ2n) is 17.8. The smallest absolute Gasteiger partial charge is 0.245 e. The Balaban J connectivity index is 1.58. The number of hydrogen-bond acceptors (Lipinski definition) is 14. The van der Waals surface area contributed by atoms with Crippen molar-refractivity contribution < 1.29 is 48.6 Å². The van der Waals surface area contributed by atoms with Crippen molar-refractivity contribution in [3.05, 3.63) is 108 Å². The van der Waals surface area contributed by atoms with Gasteiger partial charge in [0.1, 0.15) is 42.3 Å². The second-order valence-corrected chi connectivity index (χ2v) is 20.4. The van der Waals surface area contributed by atoms with E-state index >= 15 is 0 Å². The van der Waals surface area contributed by atoms with Gasteiger partial charge in [0, 0.05) is 41.4 Å². The predicted octanol–water partition coefficient (Wildman–Crippen LogP) is -1.05. The van der Waals surface area contributed by atoms with Gasteiger partial charge in [-0.05, 0) is 75.9 Å². The number of primary amides is 1. The van der Waals surface area contributed by atoms with E-state index in [-0.39, 0.29) is 43.7 Å². The molecule has 0 spiro atoms. The fourth-order valence-corrected chi connectivity index (χ4v) is 10.3. The molecule has 0 radical (unpaired) electrons. The van der Waals surface area contributed by atoms with Crippen molar-refractivity contribution in [1.82, 2.24) is 47.5 Å². The predicted molar refractivity (Wildman–Crippen MR) is 279 cm³/mol. The lowest BCUT2D eigenvalue weighted by atomic mass is 10.0. The number of likely N-dealkylation sites (N-methyl/N-ethyl adjacent to an activating group) is 1. The Morgan fingerprint density at radius 3 is 1.93 bits per heavy atom. The summed E-state index contributed by atoms with van der Waals surface area (Å²) in [5.41, 5.74) is 14.2. The van der Waals surface area contributed by atoms with Crippen LogP contribution in [0.5, 0.6) is 0 Å². The number of carbonyl (C=O) groups excluding carboxylic acids is 8. The van der Waals surface area contributed by atoms with Crippen LogP contribution in [0.2, 0.25) is 0 Å². The largest absolute Gasteiger partial charge is 0.391 e. The van der Waals surface area contributed by atoms with Crippen LogP contribution in [0.4, 0.5) is 0 Å². The first-order chi connectivity index (χ1) is 35.0. The third-order valence-electron chi connectivity index (χ3n) is 12.1. The first-order valence-electron chi connectivity index (χ1n) is 24.0. The number of fused-ring (bicyclic) bond motifs is 1. The number of nitrogens with two attached hydrogens (primary N) is 2.